The van der Waals surface area contributed by atoms with Crippen molar-refractivity contribution >= 4 is 5.91 Å². The van der Waals surface area contributed by atoms with Crippen LogP contribution in [0.5, 0.6) is 0 Å². The Morgan fingerprint density at radius 2 is 2.23 bits per heavy atom. The molecule has 0 aromatic carbocycles. The Labute approximate surface area is 79.8 Å². The zero-order valence-corrected chi connectivity index (χ0v) is 8.51. The first kappa shape index (κ1) is 12.4. The van der Waals surface area contributed by atoms with Gasteiger partial charge in [-0.05, 0) is 19.8 Å². The fraction of sp³-hybridized carbons (Fsp3) is 0.889. The van der Waals surface area contributed by atoms with Crippen molar-refractivity contribution in [2.45, 2.75) is 32.7 Å². The fourth-order valence-corrected chi connectivity index (χ4v) is 0.847. The summed E-state index contributed by atoms with van der Waals surface area (Å²) in [5.74, 6) is -0.0704. The predicted molar refractivity (Wildman–Crippen MR) is 52.4 cm³/mol. The van der Waals surface area contributed by atoms with E-state index in [2.05, 4.69) is 5.32 Å². The number of ether oxygens (including phenoxy) is 1. The maximum absolute atomic E-state index is 11.1. The summed E-state index contributed by atoms with van der Waals surface area (Å²) < 4.78 is 5.12. The summed E-state index contributed by atoms with van der Waals surface area (Å²) in [6.45, 7) is 5.91. The van der Waals surface area contributed by atoms with Crippen LogP contribution in [-0.4, -0.2) is 31.7 Å². The van der Waals surface area contributed by atoms with Crippen molar-refractivity contribution in [3.05, 3.63) is 0 Å². The molecule has 0 spiro atoms. The Bertz CT molecular complexity index is 140. The topological polar surface area (TPSA) is 64.3 Å². The molecule has 0 aliphatic heterocycles. The van der Waals surface area contributed by atoms with Crippen molar-refractivity contribution in [2.24, 2.45) is 5.73 Å². The van der Waals surface area contributed by atoms with Gasteiger partial charge in [0.25, 0.3) is 0 Å². The van der Waals surface area contributed by atoms with Gasteiger partial charge < -0.3 is 15.8 Å². The van der Waals surface area contributed by atoms with Crippen molar-refractivity contribution < 1.29 is 9.53 Å². The summed E-state index contributed by atoms with van der Waals surface area (Å²) in [7, 11) is 0. The molecule has 78 valence electrons. The molecule has 0 heterocycles. The van der Waals surface area contributed by atoms with Gasteiger partial charge in [-0.2, -0.15) is 0 Å². The third-order valence-corrected chi connectivity index (χ3v) is 1.75. The molecule has 0 aromatic rings. The highest BCUT2D eigenvalue weighted by Crippen LogP contribution is 1.86. The molecule has 0 saturated carbocycles. The molecular formula is C9H20N2O2. The third-order valence-electron chi connectivity index (χ3n) is 1.75. The average Bonchev–Trinajstić information content (AvgIpc) is 2.16. The van der Waals surface area contributed by atoms with E-state index < -0.39 is 0 Å². The molecule has 0 radical (unpaired) electrons. The highest BCUT2D eigenvalue weighted by atomic mass is 16.5. The third kappa shape index (κ3) is 6.54. The molecule has 4 nitrogen and oxygen atoms in total. The summed E-state index contributed by atoms with van der Waals surface area (Å²) in [6, 6.07) is -0.368. The standard InChI is InChI=1S/C9H20N2O2/c1-3-8(10)9(12)11-6-5-7-13-4-2/h8H,3-7,10H2,1-2H3,(H,11,12)/t8-/m1/s1. The first-order valence-corrected chi connectivity index (χ1v) is 4.83. The van der Waals surface area contributed by atoms with Gasteiger partial charge in [0.1, 0.15) is 0 Å². The lowest BCUT2D eigenvalue weighted by Crippen LogP contribution is -2.40. The Morgan fingerprint density at radius 3 is 2.77 bits per heavy atom. The summed E-state index contributed by atoms with van der Waals surface area (Å²) >= 11 is 0. The lowest BCUT2D eigenvalue weighted by Gasteiger charge is -2.09. The van der Waals surface area contributed by atoms with Gasteiger partial charge in [-0.3, -0.25) is 4.79 Å². The van der Waals surface area contributed by atoms with Crippen molar-refractivity contribution in [3.8, 4) is 0 Å². The van der Waals surface area contributed by atoms with Gasteiger partial charge in [0.05, 0.1) is 6.04 Å². The Hall–Kier alpha value is -0.610. The van der Waals surface area contributed by atoms with Gasteiger partial charge in [0.2, 0.25) is 5.91 Å². The number of amides is 1. The van der Waals surface area contributed by atoms with E-state index in [0.717, 1.165) is 13.0 Å². The number of hydrogen-bond acceptors (Lipinski definition) is 3. The van der Waals surface area contributed by atoms with Crippen LogP contribution in [0.2, 0.25) is 0 Å². The smallest absolute Gasteiger partial charge is 0.236 e. The number of hydrogen-bond donors (Lipinski definition) is 2. The first-order valence-electron chi connectivity index (χ1n) is 4.83. The number of carbonyl (C=O) groups excluding carboxylic acids is 1. The van der Waals surface area contributed by atoms with E-state index in [-0.39, 0.29) is 11.9 Å². The quantitative estimate of drug-likeness (QED) is 0.563. The van der Waals surface area contributed by atoms with Crippen LogP contribution < -0.4 is 11.1 Å². The molecule has 0 aliphatic carbocycles. The van der Waals surface area contributed by atoms with Gasteiger partial charge in [-0.25, -0.2) is 0 Å². The highest BCUT2D eigenvalue weighted by molar-refractivity contribution is 5.81. The summed E-state index contributed by atoms with van der Waals surface area (Å²) in [5.41, 5.74) is 5.51. The second-order valence-corrected chi connectivity index (χ2v) is 2.86. The van der Waals surface area contributed by atoms with Crippen molar-refractivity contribution in [3.63, 3.8) is 0 Å². The molecule has 3 N–H and O–H groups in total. The van der Waals surface area contributed by atoms with E-state index >= 15 is 0 Å². The van der Waals surface area contributed by atoms with Crippen LogP contribution in [0.3, 0.4) is 0 Å². The second-order valence-electron chi connectivity index (χ2n) is 2.86. The predicted octanol–water partition coefficient (Wildman–Crippen LogP) is 0.267. The Morgan fingerprint density at radius 1 is 1.54 bits per heavy atom. The highest BCUT2D eigenvalue weighted by Gasteiger charge is 2.08. The van der Waals surface area contributed by atoms with Crippen molar-refractivity contribution in [1.82, 2.24) is 5.32 Å². The molecule has 0 saturated heterocycles. The molecule has 4 heteroatoms. The number of nitrogens with one attached hydrogen (secondary N) is 1. The SMILES string of the molecule is CCOCCCNC(=O)[C@H](N)CC. The summed E-state index contributed by atoms with van der Waals surface area (Å²) in [6.07, 6.45) is 1.52. The molecule has 13 heavy (non-hydrogen) atoms. The number of rotatable bonds is 7. The zero-order valence-electron chi connectivity index (χ0n) is 8.51. The normalized spacial score (nSPS) is 12.5. The molecule has 0 rings (SSSR count). The van der Waals surface area contributed by atoms with Gasteiger partial charge in [0, 0.05) is 19.8 Å². The molecule has 1 atom stereocenters. The number of carbonyl (C=O) groups is 1. The molecule has 0 aliphatic rings. The van der Waals surface area contributed by atoms with E-state index in [1.54, 1.807) is 0 Å². The Kier molecular flexibility index (Phi) is 7.63. The largest absolute Gasteiger partial charge is 0.382 e. The molecule has 1 amide bonds. The monoisotopic (exact) mass is 188 g/mol. The lowest BCUT2D eigenvalue weighted by atomic mass is 10.2. The summed E-state index contributed by atoms with van der Waals surface area (Å²) in [4.78, 5) is 11.1. The van der Waals surface area contributed by atoms with Crippen LogP contribution in [-0.2, 0) is 9.53 Å². The van der Waals surface area contributed by atoms with Gasteiger partial charge in [-0.1, -0.05) is 6.92 Å². The Balaban J connectivity index is 3.27. The maximum atomic E-state index is 11.1. The van der Waals surface area contributed by atoms with Gasteiger partial charge in [-0.15, -0.1) is 0 Å². The van der Waals surface area contributed by atoms with Crippen molar-refractivity contribution in [1.29, 1.82) is 0 Å². The molecule has 0 aromatic heterocycles. The average molecular weight is 188 g/mol. The second kappa shape index (κ2) is 8.01. The lowest BCUT2D eigenvalue weighted by molar-refractivity contribution is -0.122. The van der Waals surface area contributed by atoms with E-state index in [4.69, 9.17) is 10.5 Å². The summed E-state index contributed by atoms with van der Waals surface area (Å²) in [5, 5.41) is 2.75. The minimum absolute atomic E-state index is 0.0704. The van der Waals surface area contributed by atoms with E-state index in [9.17, 15) is 4.79 Å². The minimum atomic E-state index is -0.368. The van der Waals surface area contributed by atoms with Crippen LogP contribution in [0.4, 0.5) is 0 Å². The van der Waals surface area contributed by atoms with Crippen LogP contribution in [0.1, 0.15) is 26.7 Å². The first-order chi connectivity index (χ1) is 6.22. The van der Waals surface area contributed by atoms with Crippen molar-refractivity contribution in [2.75, 3.05) is 19.8 Å². The van der Waals surface area contributed by atoms with Crippen LogP contribution in [0.25, 0.3) is 0 Å². The van der Waals surface area contributed by atoms with Gasteiger partial charge in [0.15, 0.2) is 0 Å². The van der Waals surface area contributed by atoms with E-state index in [1.807, 2.05) is 13.8 Å². The van der Waals surface area contributed by atoms with E-state index in [0.29, 0.717) is 19.6 Å². The van der Waals surface area contributed by atoms with Crippen LogP contribution >= 0.6 is 0 Å². The zero-order chi connectivity index (χ0) is 10.1. The minimum Gasteiger partial charge on any atom is -0.382 e. The van der Waals surface area contributed by atoms with Crippen LogP contribution in [0.15, 0.2) is 0 Å². The van der Waals surface area contributed by atoms with Gasteiger partial charge >= 0.3 is 0 Å². The molecular weight excluding hydrogens is 168 g/mol. The van der Waals surface area contributed by atoms with E-state index in [1.165, 1.54) is 0 Å². The van der Waals surface area contributed by atoms with Crippen LogP contribution in [0, 0.1) is 0 Å². The number of nitrogens with two attached hydrogens (primary N) is 1. The molecule has 0 unspecified atom stereocenters. The fourth-order valence-electron chi connectivity index (χ4n) is 0.847. The molecule has 0 fully saturated rings. The molecule has 0 bridgehead atoms. The maximum Gasteiger partial charge on any atom is 0.236 e.